The molecule has 3 nitrogen and oxygen atoms in total. The zero-order valence-corrected chi connectivity index (χ0v) is 8.87. The SMILES string of the molecule is Clc1ncc(CN2CCCCC2)cn1. The van der Waals surface area contributed by atoms with E-state index in [1.807, 2.05) is 12.4 Å². The summed E-state index contributed by atoms with van der Waals surface area (Å²) in [5, 5.41) is 0.326. The van der Waals surface area contributed by atoms with Crippen molar-refractivity contribution in [1.29, 1.82) is 0 Å². The third kappa shape index (κ3) is 2.66. The van der Waals surface area contributed by atoms with Crippen LogP contribution in [0.25, 0.3) is 0 Å². The van der Waals surface area contributed by atoms with Crippen molar-refractivity contribution in [2.24, 2.45) is 0 Å². The van der Waals surface area contributed by atoms with Crippen LogP contribution in [0.15, 0.2) is 12.4 Å². The quantitative estimate of drug-likeness (QED) is 0.702. The number of nitrogens with zero attached hydrogens (tertiary/aromatic N) is 3. The van der Waals surface area contributed by atoms with Crippen LogP contribution in [0.4, 0.5) is 0 Å². The number of hydrogen-bond acceptors (Lipinski definition) is 3. The average molecular weight is 212 g/mol. The second kappa shape index (κ2) is 4.71. The Hall–Kier alpha value is -0.670. The third-order valence-corrected chi connectivity index (χ3v) is 2.72. The average Bonchev–Trinajstić information content (AvgIpc) is 2.23. The minimum absolute atomic E-state index is 0.326. The van der Waals surface area contributed by atoms with E-state index in [1.165, 1.54) is 32.4 Å². The Morgan fingerprint density at radius 2 is 1.79 bits per heavy atom. The van der Waals surface area contributed by atoms with Crippen molar-refractivity contribution in [2.75, 3.05) is 13.1 Å². The molecule has 0 N–H and O–H groups in total. The first-order valence-electron chi connectivity index (χ1n) is 5.03. The molecule has 2 rings (SSSR count). The van der Waals surface area contributed by atoms with E-state index in [9.17, 15) is 0 Å². The second-order valence-electron chi connectivity index (χ2n) is 3.70. The lowest BCUT2D eigenvalue weighted by atomic mass is 10.1. The third-order valence-electron chi connectivity index (χ3n) is 2.53. The molecule has 1 aliphatic rings. The highest BCUT2D eigenvalue weighted by molar-refractivity contribution is 6.28. The monoisotopic (exact) mass is 211 g/mol. The summed E-state index contributed by atoms with van der Waals surface area (Å²) in [7, 11) is 0. The summed E-state index contributed by atoms with van der Waals surface area (Å²) in [6.07, 6.45) is 7.62. The van der Waals surface area contributed by atoms with Crippen LogP contribution >= 0.6 is 11.6 Å². The van der Waals surface area contributed by atoms with Crippen molar-refractivity contribution in [3.63, 3.8) is 0 Å². The first-order valence-corrected chi connectivity index (χ1v) is 5.41. The molecule has 1 saturated heterocycles. The summed E-state index contributed by atoms with van der Waals surface area (Å²) >= 11 is 5.62. The van der Waals surface area contributed by atoms with Crippen molar-refractivity contribution in [3.05, 3.63) is 23.2 Å². The van der Waals surface area contributed by atoms with Gasteiger partial charge in [-0.1, -0.05) is 6.42 Å². The molecule has 14 heavy (non-hydrogen) atoms. The molecule has 0 atom stereocenters. The summed E-state index contributed by atoms with van der Waals surface area (Å²) in [6.45, 7) is 3.35. The van der Waals surface area contributed by atoms with Gasteiger partial charge in [0.1, 0.15) is 0 Å². The van der Waals surface area contributed by atoms with E-state index in [2.05, 4.69) is 14.9 Å². The smallest absolute Gasteiger partial charge is 0.222 e. The van der Waals surface area contributed by atoms with Crippen LogP contribution in [0.3, 0.4) is 0 Å². The van der Waals surface area contributed by atoms with Crippen molar-refractivity contribution >= 4 is 11.6 Å². The lowest BCUT2D eigenvalue weighted by Gasteiger charge is -2.25. The fourth-order valence-electron chi connectivity index (χ4n) is 1.80. The fraction of sp³-hybridized carbons (Fsp3) is 0.600. The first kappa shape index (κ1) is 9.87. The van der Waals surface area contributed by atoms with Gasteiger partial charge in [-0.05, 0) is 37.5 Å². The van der Waals surface area contributed by atoms with Crippen molar-refractivity contribution in [3.8, 4) is 0 Å². The van der Waals surface area contributed by atoms with Gasteiger partial charge in [0.05, 0.1) is 0 Å². The minimum atomic E-state index is 0.326. The predicted molar refractivity (Wildman–Crippen MR) is 56.2 cm³/mol. The Kier molecular flexibility index (Phi) is 3.32. The highest BCUT2D eigenvalue weighted by Crippen LogP contribution is 2.12. The van der Waals surface area contributed by atoms with E-state index in [1.54, 1.807) is 0 Å². The Bertz CT molecular complexity index is 280. The van der Waals surface area contributed by atoms with Gasteiger partial charge in [-0.3, -0.25) is 4.90 Å². The Morgan fingerprint density at radius 3 is 2.43 bits per heavy atom. The molecule has 1 aliphatic heterocycles. The van der Waals surface area contributed by atoms with E-state index < -0.39 is 0 Å². The number of hydrogen-bond donors (Lipinski definition) is 0. The van der Waals surface area contributed by atoms with Gasteiger partial charge in [-0.25, -0.2) is 9.97 Å². The first-order chi connectivity index (χ1) is 6.84. The predicted octanol–water partition coefficient (Wildman–Crippen LogP) is 2.12. The summed E-state index contributed by atoms with van der Waals surface area (Å²) in [5.41, 5.74) is 1.15. The zero-order chi connectivity index (χ0) is 9.80. The lowest BCUT2D eigenvalue weighted by molar-refractivity contribution is 0.220. The molecule has 1 aromatic heterocycles. The van der Waals surface area contributed by atoms with E-state index >= 15 is 0 Å². The number of halogens is 1. The summed E-state index contributed by atoms with van der Waals surface area (Å²) in [6, 6.07) is 0. The molecule has 0 aromatic carbocycles. The number of rotatable bonds is 2. The molecule has 76 valence electrons. The van der Waals surface area contributed by atoms with Gasteiger partial charge in [-0.2, -0.15) is 0 Å². The molecule has 0 radical (unpaired) electrons. The molecule has 1 aromatic rings. The minimum Gasteiger partial charge on any atom is -0.299 e. The number of aromatic nitrogens is 2. The second-order valence-corrected chi connectivity index (χ2v) is 4.04. The zero-order valence-electron chi connectivity index (χ0n) is 8.12. The molecule has 0 bridgehead atoms. The largest absolute Gasteiger partial charge is 0.299 e. The molecular formula is C10H14ClN3. The van der Waals surface area contributed by atoms with Crippen LogP contribution in [0, 0.1) is 0 Å². The molecule has 0 aliphatic carbocycles. The summed E-state index contributed by atoms with van der Waals surface area (Å²) in [4.78, 5) is 10.4. The van der Waals surface area contributed by atoms with E-state index in [0.717, 1.165) is 12.1 Å². The highest BCUT2D eigenvalue weighted by Gasteiger charge is 2.10. The fourth-order valence-corrected chi connectivity index (χ4v) is 1.89. The maximum Gasteiger partial charge on any atom is 0.222 e. The van der Waals surface area contributed by atoms with Crippen molar-refractivity contribution in [1.82, 2.24) is 14.9 Å². The van der Waals surface area contributed by atoms with Crippen LogP contribution in [0.5, 0.6) is 0 Å². The van der Waals surface area contributed by atoms with Crippen molar-refractivity contribution < 1.29 is 0 Å². The lowest BCUT2D eigenvalue weighted by Crippen LogP contribution is -2.29. The van der Waals surface area contributed by atoms with Gasteiger partial charge >= 0.3 is 0 Å². The van der Waals surface area contributed by atoms with Gasteiger partial charge in [0, 0.05) is 24.5 Å². The van der Waals surface area contributed by atoms with Crippen LogP contribution in [0.1, 0.15) is 24.8 Å². The van der Waals surface area contributed by atoms with Crippen LogP contribution in [0.2, 0.25) is 5.28 Å². The molecule has 4 heteroatoms. The number of likely N-dealkylation sites (tertiary alicyclic amines) is 1. The van der Waals surface area contributed by atoms with Crippen LogP contribution < -0.4 is 0 Å². The van der Waals surface area contributed by atoms with Crippen LogP contribution in [-0.4, -0.2) is 28.0 Å². The Balaban J connectivity index is 1.92. The topological polar surface area (TPSA) is 29.0 Å². The van der Waals surface area contributed by atoms with Gasteiger partial charge in [0.2, 0.25) is 5.28 Å². The Labute approximate surface area is 89.1 Å². The highest BCUT2D eigenvalue weighted by atomic mass is 35.5. The molecule has 0 amide bonds. The molecule has 1 fully saturated rings. The maximum absolute atomic E-state index is 5.62. The van der Waals surface area contributed by atoms with E-state index in [0.29, 0.717) is 5.28 Å². The van der Waals surface area contributed by atoms with Gasteiger partial charge in [0.25, 0.3) is 0 Å². The molecule has 2 heterocycles. The Morgan fingerprint density at radius 1 is 1.14 bits per heavy atom. The molecular weight excluding hydrogens is 198 g/mol. The molecule has 0 unspecified atom stereocenters. The number of piperidine rings is 1. The summed E-state index contributed by atoms with van der Waals surface area (Å²) in [5.74, 6) is 0. The standard InChI is InChI=1S/C10H14ClN3/c11-10-12-6-9(7-13-10)8-14-4-2-1-3-5-14/h6-7H,1-5,8H2. The van der Waals surface area contributed by atoms with Gasteiger partial charge in [0.15, 0.2) is 0 Å². The maximum atomic E-state index is 5.62. The van der Waals surface area contributed by atoms with Crippen molar-refractivity contribution in [2.45, 2.75) is 25.8 Å². The van der Waals surface area contributed by atoms with Gasteiger partial charge in [-0.15, -0.1) is 0 Å². The van der Waals surface area contributed by atoms with Crippen LogP contribution in [-0.2, 0) is 6.54 Å². The normalized spacial score (nSPS) is 18.4. The molecule has 0 saturated carbocycles. The van der Waals surface area contributed by atoms with E-state index in [4.69, 9.17) is 11.6 Å². The summed E-state index contributed by atoms with van der Waals surface area (Å²) < 4.78 is 0. The van der Waals surface area contributed by atoms with E-state index in [-0.39, 0.29) is 0 Å². The molecule has 0 spiro atoms. The van der Waals surface area contributed by atoms with Gasteiger partial charge < -0.3 is 0 Å².